The molecule has 0 amide bonds. The van der Waals surface area contributed by atoms with Crippen LogP contribution in [0.25, 0.3) is 31.8 Å². The Morgan fingerprint density at radius 2 is 1.80 bits per heavy atom. The number of aromatic nitrogens is 3. The first-order valence-electron chi connectivity index (χ1n) is 8.33. The molecule has 5 nitrogen and oxygen atoms in total. The number of morpholine rings is 1. The Hall–Kier alpha value is -2.57. The van der Waals surface area contributed by atoms with Crippen LogP contribution in [0.1, 0.15) is 0 Å². The monoisotopic (exact) mass is 348 g/mol. The number of nitrogens with zero attached hydrogens (tertiary/aromatic N) is 4. The van der Waals surface area contributed by atoms with Gasteiger partial charge in [0.05, 0.1) is 23.4 Å². The van der Waals surface area contributed by atoms with Gasteiger partial charge in [0, 0.05) is 30.2 Å². The third-order valence-corrected chi connectivity index (χ3v) is 5.51. The molecule has 25 heavy (non-hydrogen) atoms. The molecular formula is C19H16N4OS. The summed E-state index contributed by atoms with van der Waals surface area (Å²) in [7, 11) is 0. The molecule has 3 aromatic heterocycles. The van der Waals surface area contributed by atoms with Gasteiger partial charge in [-0.25, -0.2) is 15.0 Å². The minimum atomic E-state index is 0.731. The van der Waals surface area contributed by atoms with Crippen LogP contribution < -0.4 is 4.90 Å². The van der Waals surface area contributed by atoms with Crippen LogP contribution in [0.4, 0.5) is 5.82 Å². The van der Waals surface area contributed by atoms with Gasteiger partial charge in [-0.1, -0.05) is 30.3 Å². The van der Waals surface area contributed by atoms with Crippen molar-refractivity contribution in [2.75, 3.05) is 31.2 Å². The number of fused-ring (bicyclic) bond motifs is 3. The zero-order chi connectivity index (χ0) is 16.6. The van der Waals surface area contributed by atoms with E-state index in [0.717, 1.165) is 63.9 Å². The lowest BCUT2D eigenvalue weighted by molar-refractivity contribution is 0.122. The number of thiophene rings is 1. The first kappa shape index (κ1) is 14.7. The second-order valence-electron chi connectivity index (χ2n) is 5.97. The van der Waals surface area contributed by atoms with Crippen LogP contribution in [0.3, 0.4) is 0 Å². The molecule has 1 saturated heterocycles. The van der Waals surface area contributed by atoms with Crippen LogP contribution in [0.15, 0.2) is 48.7 Å². The quantitative estimate of drug-likeness (QED) is 0.552. The third-order valence-electron chi connectivity index (χ3n) is 4.42. The van der Waals surface area contributed by atoms with Crippen LogP contribution in [0.5, 0.6) is 0 Å². The Morgan fingerprint density at radius 3 is 2.64 bits per heavy atom. The van der Waals surface area contributed by atoms with Crippen molar-refractivity contribution in [3.63, 3.8) is 0 Å². The minimum absolute atomic E-state index is 0.731. The molecule has 4 aromatic rings. The average Bonchev–Trinajstić information content (AvgIpc) is 3.07. The Labute approximate surface area is 148 Å². The summed E-state index contributed by atoms with van der Waals surface area (Å²) in [5.41, 5.74) is 2.02. The van der Waals surface area contributed by atoms with Crippen LogP contribution in [-0.4, -0.2) is 41.3 Å². The standard InChI is InChI=1S/C19H16N4OS/c1-2-5-13(6-3-1)17-21-15-14-7-4-8-20-19(14)25-16(15)18(22-17)23-9-11-24-12-10-23/h1-8H,9-12H2. The van der Waals surface area contributed by atoms with E-state index in [1.165, 1.54) is 0 Å². The zero-order valence-electron chi connectivity index (χ0n) is 13.6. The van der Waals surface area contributed by atoms with Crippen molar-refractivity contribution in [2.45, 2.75) is 0 Å². The highest BCUT2D eigenvalue weighted by Gasteiger charge is 2.21. The van der Waals surface area contributed by atoms with Crippen molar-refractivity contribution in [1.29, 1.82) is 0 Å². The topological polar surface area (TPSA) is 51.1 Å². The fraction of sp³-hybridized carbons (Fsp3) is 0.211. The van der Waals surface area contributed by atoms with E-state index in [9.17, 15) is 0 Å². The first-order valence-corrected chi connectivity index (χ1v) is 9.15. The Kier molecular flexibility index (Phi) is 3.57. The van der Waals surface area contributed by atoms with Gasteiger partial charge in [0.15, 0.2) is 11.6 Å². The van der Waals surface area contributed by atoms with Crippen molar-refractivity contribution in [1.82, 2.24) is 15.0 Å². The summed E-state index contributed by atoms with van der Waals surface area (Å²) in [5.74, 6) is 1.76. The Bertz CT molecular complexity index is 1040. The van der Waals surface area contributed by atoms with Crippen LogP contribution in [0, 0.1) is 0 Å². The highest BCUT2D eigenvalue weighted by Crippen LogP contribution is 2.38. The zero-order valence-corrected chi connectivity index (χ0v) is 14.4. The number of pyridine rings is 1. The van der Waals surface area contributed by atoms with Gasteiger partial charge in [0.25, 0.3) is 0 Å². The van der Waals surface area contributed by atoms with E-state index in [-0.39, 0.29) is 0 Å². The maximum absolute atomic E-state index is 5.51. The fourth-order valence-electron chi connectivity index (χ4n) is 3.17. The molecule has 4 heterocycles. The van der Waals surface area contributed by atoms with E-state index < -0.39 is 0 Å². The van der Waals surface area contributed by atoms with E-state index in [0.29, 0.717) is 0 Å². The van der Waals surface area contributed by atoms with Crippen molar-refractivity contribution >= 4 is 37.6 Å². The molecular weight excluding hydrogens is 332 g/mol. The maximum Gasteiger partial charge on any atom is 0.162 e. The minimum Gasteiger partial charge on any atom is -0.378 e. The predicted molar refractivity (Wildman–Crippen MR) is 101 cm³/mol. The number of ether oxygens (including phenoxy) is 1. The summed E-state index contributed by atoms with van der Waals surface area (Å²) in [6.45, 7) is 3.16. The lowest BCUT2D eigenvalue weighted by atomic mass is 10.2. The molecule has 5 rings (SSSR count). The summed E-state index contributed by atoms with van der Waals surface area (Å²) in [6.07, 6.45) is 1.83. The smallest absolute Gasteiger partial charge is 0.162 e. The molecule has 0 spiro atoms. The van der Waals surface area contributed by atoms with Gasteiger partial charge in [-0.05, 0) is 12.1 Å². The number of anilines is 1. The summed E-state index contributed by atoms with van der Waals surface area (Å²) in [5, 5.41) is 1.09. The highest BCUT2D eigenvalue weighted by atomic mass is 32.1. The maximum atomic E-state index is 5.51. The molecule has 0 radical (unpaired) electrons. The summed E-state index contributed by atoms with van der Waals surface area (Å²) in [4.78, 5) is 17.6. The summed E-state index contributed by atoms with van der Waals surface area (Å²) >= 11 is 1.67. The van der Waals surface area contributed by atoms with Crippen molar-refractivity contribution in [2.24, 2.45) is 0 Å². The van der Waals surface area contributed by atoms with Crippen LogP contribution in [0.2, 0.25) is 0 Å². The van der Waals surface area contributed by atoms with Gasteiger partial charge < -0.3 is 9.64 Å². The summed E-state index contributed by atoms with van der Waals surface area (Å²) < 4.78 is 6.62. The van der Waals surface area contributed by atoms with Gasteiger partial charge in [-0.2, -0.15) is 0 Å². The molecule has 0 aliphatic carbocycles. The third kappa shape index (κ3) is 2.54. The molecule has 0 atom stereocenters. The molecule has 1 aromatic carbocycles. The van der Waals surface area contributed by atoms with E-state index in [1.807, 2.05) is 30.5 Å². The Balaban J connectivity index is 1.80. The van der Waals surface area contributed by atoms with Crippen molar-refractivity contribution < 1.29 is 4.74 Å². The first-order chi connectivity index (χ1) is 12.4. The molecule has 6 heteroatoms. The fourth-order valence-corrected chi connectivity index (χ4v) is 4.27. The van der Waals surface area contributed by atoms with Gasteiger partial charge in [-0.15, -0.1) is 11.3 Å². The van der Waals surface area contributed by atoms with Gasteiger partial charge in [-0.3, -0.25) is 0 Å². The van der Waals surface area contributed by atoms with Gasteiger partial charge in [0.1, 0.15) is 4.83 Å². The normalized spacial score (nSPS) is 15.1. The van der Waals surface area contributed by atoms with Crippen LogP contribution >= 0.6 is 11.3 Å². The average molecular weight is 348 g/mol. The van der Waals surface area contributed by atoms with E-state index >= 15 is 0 Å². The molecule has 124 valence electrons. The second-order valence-corrected chi connectivity index (χ2v) is 6.97. The number of benzene rings is 1. The highest BCUT2D eigenvalue weighted by molar-refractivity contribution is 7.25. The SMILES string of the molecule is c1ccc(-c2nc(N3CCOCC3)c3sc4ncccc4c3n2)cc1. The largest absolute Gasteiger partial charge is 0.378 e. The predicted octanol–water partition coefficient (Wildman–Crippen LogP) is 3.74. The van der Waals surface area contributed by atoms with Gasteiger partial charge >= 0.3 is 0 Å². The molecule has 0 N–H and O–H groups in total. The molecule has 1 aliphatic heterocycles. The number of hydrogen-bond donors (Lipinski definition) is 0. The number of hydrogen-bond acceptors (Lipinski definition) is 6. The van der Waals surface area contributed by atoms with Crippen molar-refractivity contribution in [3.8, 4) is 11.4 Å². The molecule has 0 unspecified atom stereocenters. The van der Waals surface area contributed by atoms with Crippen LogP contribution in [-0.2, 0) is 4.74 Å². The summed E-state index contributed by atoms with van der Waals surface area (Å²) in [6, 6.07) is 14.2. The number of rotatable bonds is 2. The lowest BCUT2D eigenvalue weighted by Crippen LogP contribution is -2.36. The van der Waals surface area contributed by atoms with E-state index in [2.05, 4.69) is 28.1 Å². The molecule has 1 aliphatic rings. The molecule has 1 fully saturated rings. The molecule has 0 saturated carbocycles. The van der Waals surface area contributed by atoms with Crippen molar-refractivity contribution in [3.05, 3.63) is 48.7 Å². The lowest BCUT2D eigenvalue weighted by Gasteiger charge is -2.28. The van der Waals surface area contributed by atoms with Gasteiger partial charge in [0.2, 0.25) is 0 Å². The Morgan fingerprint density at radius 1 is 0.960 bits per heavy atom. The second kappa shape index (κ2) is 6.06. The molecule has 0 bridgehead atoms. The van der Waals surface area contributed by atoms with E-state index in [4.69, 9.17) is 14.7 Å². The van der Waals surface area contributed by atoms with E-state index in [1.54, 1.807) is 11.3 Å².